The molecule has 1 N–H and O–H groups in total. The second-order valence-electron chi connectivity index (χ2n) is 6.31. The van der Waals surface area contributed by atoms with Crippen LogP contribution < -0.4 is 5.32 Å². The molecule has 0 bridgehead atoms. The van der Waals surface area contributed by atoms with E-state index in [0.717, 1.165) is 12.1 Å². The lowest BCUT2D eigenvalue weighted by molar-refractivity contribution is -0.143. The van der Waals surface area contributed by atoms with Crippen molar-refractivity contribution in [1.29, 1.82) is 0 Å². The molecule has 2 heterocycles. The lowest BCUT2D eigenvalue weighted by Crippen LogP contribution is -2.50. The molecule has 1 aliphatic rings. The van der Waals surface area contributed by atoms with E-state index in [4.69, 9.17) is 4.74 Å². The number of nitrogens with one attached hydrogen (secondary N) is 1. The molecule has 3 rings (SSSR count). The molecule has 1 fully saturated rings. The number of nitrogens with zero attached hydrogens (tertiary/aromatic N) is 4. The number of aromatic nitrogens is 3. The van der Waals surface area contributed by atoms with Crippen molar-refractivity contribution < 1.29 is 31.9 Å². The number of hydrogen-bond donors (Lipinski definition) is 1. The van der Waals surface area contributed by atoms with Gasteiger partial charge in [-0.05, 0) is 25.1 Å². The molecule has 8 nitrogen and oxygen atoms in total. The standard InChI is InChI=1S/C17H17F4N5O3/c1-10(16(28)25-5-7-29-8-6-25)22-15(27)13-14(17(19,20)21)26(24-23-13)12-4-2-3-11(18)9-12/h2-4,9-10H,5-8H2,1H3,(H,22,27). The normalized spacial score (nSPS) is 15.8. The van der Waals surface area contributed by atoms with Crippen LogP contribution in [0.2, 0.25) is 0 Å². The van der Waals surface area contributed by atoms with Crippen LogP contribution in [-0.2, 0) is 15.7 Å². The van der Waals surface area contributed by atoms with Crippen molar-refractivity contribution >= 4 is 11.8 Å². The summed E-state index contributed by atoms with van der Waals surface area (Å²) in [6.45, 7) is 2.68. The first kappa shape index (κ1) is 20.7. The summed E-state index contributed by atoms with van der Waals surface area (Å²) in [5, 5.41) is 8.91. The van der Waals surface area contributed by atoms with Crippen LogP contribution in [0.4, 0.5) is 17.6 Å². The van der Waals surface area contributed by atoms with Gasteiger partial charge >= 0.3 is 6.18 Å². The smallest absolute Gasteiger partial charge is 0.378 e. The monoisotopic (exact) mass is 415 g/mol. The van der Waals surface area contributed by atoms with Gasteiger partial charge < -0.3 is 15.0 Å². The number of hydrogen-bond acceptors (Lipinski definition) is 5. The molecule has 0 saturated carbocycles. The van der Waals surface area contributed by atoms with Crippen molar-refractivity contribution in [3.63, 3.8) is 0 Å². The van der Waals surface area contributed by atoms with E-state index in [1.807, 2.05) is 0 Å². The second kappa shape index (κ2) is 8.15. The maximum atomic E-state index is 13.6. The van der Waals surface area contributed by atoms with Gasteiger partial charge in [-0.1, -0.05) is 11.3 Å². The average Bonchev–Trinajstić information content (AvgIpc) is 3.14. The lowest BCUT2D eigenvalue weighted by atomic mass is 10.2. The topological polar surface area (TPSA) is 89.3 Å². The number of alkyl halides is 3. The Kier molecular flexibility index (Phi) is 5.82. The highest BCUT2D eigenvalue weighted by atomic mass is 19.4. The number of ether oxygens (including phenoxy) is 1. The van der Waals surface area contributed by atoms with E-state index >= 15 is 0 Å². The van der Waals surface area contributed by atoms with Crippen LogP contribution in [0.3, 0.4) is 0 Å². The number of rotatable bonds is 4. The lowest BCUT2D eigenvalue weighted by Gasteiger charge is -2.29. The second-order valence-corrected chi connectivity index (χ2v) is 6.31. The highest BCUT2D eigenvalue weighted by molar-refractivity contribution is 5.97. The maximum absolute atomic E-state index is 13.6. The summed E-state index contributed by atoms with van der Waals surface area (Å²) in [7, 11) is 0. The van der Waals surface area contributed by atoms with Crippen molar-refractivity contribution in [3.05, 3.63) is 41.5 Å². The van der Waals surface area contributed by atoms with Crippen LogP contribution in [-0.4, -0.2) is 64.1 Å². The third kappa shape index (κ3) is 4.53. The minimum Gasteiger partial charge on any atom is -0.378 e. The number of morpholine rings is 1. The molecule has 1 aromatic carbocycles. The van der Waals surface area contributed by atoms with Gasteiger partial charge in [0, 0.05) is 13.1 Å². The van der Waals surface area contributed by atoms with Gasteiger partial charge in [0.05, 0.1) is 18.9 Å². The van der Waals surface area contributed by atoms with E-state index in [1.54, 1.807) is 0 Å². The predicted molar refractivity (Wildman–Crippen MR) is 90.6 cm³/mol. The van der Waals surface area contributed by atoms with E-state index in [1.165, 1.54) is 24.0 Å². The van der Waals surface area contributed by atoms with E-state index in [2.05, 4.69) is 15.6 Å². The summed E-state index contributed by atoms with van der Waals surface area (Å²) in [5.41, 5.74) is -2.73. The van der Waals surface area contributed by atoms with Gasteiger partial charge in [0.25, 0.3) is 5.91 Å². The van der Waals surface area contributed by atoms with Gasteiger partial charge in [-0.2, -0.15) is 13.2 Å². The maximum Gasteiger partial charge on any atom is 0.435 e. The number of halogens is 4. The van der Waals surface area contributed by atoms with Crippen LogP contribution in [0, 0.1) is 5.82 Å². The Morgan fingerprint density at radius 2 is 1.93 bits per heavy atom. The zero-order valence-electron chi connectivity index (χ0n) is 15.2. The average molecular weight is 415 g/mol. The fourth-order valence-electron chi connectivity index (χ4n) is 2.86. The zero-order valence-corrected chi connectivity index (χ0v) is 15.2. The molecule has 12 heteroatoms. The summed E-state index contributed by atoms with van der Waals surface area (Å²) in [4.78, 5) is 26.2. The molecule has 1 saturated heterocycles. The quantitative estimate of drug-likeness (QED) is 0.763. The fourth-order valence-corrected chi connectivity index (χ4v) is 2.86. The molecule has 1 aliphatic heterocycles. The summed E-state index contributed by atoms with van der Waals surface area (Å²) in [6, 6.07) is 3.20. The van der Waals surface area contributed by atoms with Crippen LogP contribution in [0.5, 0.6) is 0 Å². The van der Waals surface area contributed by atoms with E-state index < -0.39 is 41.2 Å². The van der Waals surface area contributed by atoms with Crippen molar-refractivity contribution in [2.75, 3.05) is 26.3 Å². The zero-order chi connectivity index (χ0) is 21.2. The van der Waals surface area contributed by atoms with Gasteiger partial charge in [0.15, 0.2) is 11.4 Å². The van der Waals surface area contributed by atoms with Gasteiger partial charge in [0.1, 0.15) is 11.9 Å². The van der Waals surface area contributed by atoms with Gasteiger partial charge in [0.2, 0.25) is 5.91 Å². The first-order valence-electron chi connectivity index (χ1n) is 8.64. The van der Waals surface area contributed by atoms with Crippen molar-refractivity contribution in [2.24, 2.45) is 0 Å². The number of carbonyl (C=O) groups excluding carboxylic acids is 2. The van der Waals surface area contributed by atoms with E-state index in [9.17, 15) is 27.2 Å². The Morgan fingerprint density at radius 1 is 1.24 bits per heavy atom. The molecule has 0 aliphatic carbocycles. The van der Waals surface area contributed by atoms with E-state index in [0.29, 0.717) is 31.0 Å². The Balaban J connectivity index is 1.86. The molecule has 2 aromatic rings. The number of amides is 2. The highest BCUT2D eigenvalue weighted by Crippen LogP contribution is 2.32. The molecule has 0 spiro atoms. The third-order valence-corrected chi connectivity index (χ3v) is 4.25. The summed E-state index contributed by atoms with van der Waals surface area (Å²) >= 11 is 0. The minimum absolute atomic E-state index is 0.249. The van der Waals surface area contributed by atoms with Crippen LogP contribution >= 0.6 is 0 Å². The molecule has 156 valence electrons. The van der Waals surface area contributed by atoms with Crippen molar-refractivity contribution in [3.8, 4) is 5.69 Å². The fraction of sp³-hybridized carbons (Fsp3) is 0.412. The van der Waals surface area contributed by atoms with Gasteiger partial charge in [-0.15, -0.1) is 5.10 Å². The largest absolute Gasteiger partial charge is 0.435 e. The Morgan fingerprint density at radius 3 is 2.55 bits per heavy atom. The summed E-state index contributed by atoms with van der Waals surface area (Å²) in [5.74, 6) is -2.44. The van der Waals surface area contributed by atoms with Crippen molar-refractivity contribution in [2.45, 2.75) is 19.1 Å². The van der Waals surface area contributed by atoms with E-state index in [-0.39, 0.29) is 5.69 Å². The Hall–Kier alpha value is -3.02. The highest BCUT2D eigenvalue weighted by Gasteiger charge is 2.42. The molecule has 1 aromatic heterocycles. The summed E-state index contributed by atoms with van der Waals surface area (Å²) < 4.78 is 59.7. The molecular weight excluding hydrogens is 398 g/mol. The van der Waals surface area contributed by atoms with Crippen LogP contribution in [0.15, 0.2) is 24.3 Å². The predicted octanol–water partition coefficient (Wildman–Crippen LogP) is 1.40. The van der Waals surface area contributed by atoms with Crippen LogP contribution in [0.1, 0.15) is 23.1 Å². The first-order chi connectivity index (χ1) is 13.7. The van der Waals surface area contributed by atoms with Crippen LogP contribution in [0.25, 0.3) is 5.69 Å². The molecule has 1 atom stereocenters. The third-order valence-electron chi connectivity index (χ3n) is 4.25. The Bertz CT molecular complexity index is 909. The molecule has 1 unspecified atom stereocenters. The first-order valence-corrected chi connectivity index (χ1v) is 8.64. The van der Waals surface area contributed by atoms with Gasteiger partial charge in [-0.25, -0.2) is 9.07 Å². The van der Waals surface area contributed by atoms with Crippen molar-refractivity contribution in [1.82, 2.24) is 25.2 Å². The summed E-state index contributed by atoms with van der Waals surface area (Å²) in [6.07, 6.45) is -5.00. The number of carbonyl (C=O) groups is 2. The minimum atomic E-state index is -5.00. The molecule has 29 heavy (non-hydrogen) atoms. The Labute approximate surface area is 162 Å². The molecule has 2 amide bonds. The number of benzene rings is 1. The van der Waals surface area contributed by atoms with Gasteiger partial charge in [-0.3, -0.25) is 9.59 Å². The molecule has 0 radical (unpaired) electrons. The molecular formula is C17H17F4N5O3. The SMILES string of the molecule is CC(NC(=O)c1nnn(-c2cccc(F)c2)c1C(F)(F)F)C(=O)N1CCOCC1.